The molecule has 0 saturated heterocycles. The number of hydrogen-bond donors (Lipinski definition) is 1. The van der Waals surface area contributed by atoms with Gasteiger partial charge in [-0.2, -0.15) is 0 Å². The summed E-state index contributed by atoms with van der Waals surface area (Å²) >= 11 is 0. The minimum atomic E-state index is -0.402. The predicted octanol–water partition coefficient (Wildman–Crippen LogP) is 3.84. The number of nitrogens with zero attached hydrogens (tertiary/aromatic N) is 1. The Morgan fingerprint density at radius 3 is 2.53 bits per heavy atom. The zero-order valence-corrected chi connectivity index (χ0v) is 12.0. The van der Waals surface area contributed by atoms with Crippen molar-refractivity contribution in [3.8, 4) is 5.75 Å². The van der Waals surface area contributed by atoms with Gasteiger partial charge in [0.1, 0.15) is 5.75 Å². The molecule has 0 radical (unpaired) electrons. The summed E-state index contributed by atoms with van der Waals surface area (Å²) in [6, 6.07) is 4.79. The van der Waals surface area contributed by atoms with Gasteiger partial charge in [-0.15, -0.1) is 0 Å². The van der Waals surface area contributed by atoms with E-state index in [1.54, 1.807) is 6.07 Å². The summed E-state index contributed by atoms with van der Waals surface area (Å²) in [4.78, 5) is 10.5. The van der Waals surface area contributed by atoms with Gasteiger partial charge < -0.3 is 10.1 Å². The lowest BCUT2D eigenvalue weighted by molar-refractivity contribution is -0.384. The number of hydrogen-bond acceptors (Lipinski definition) is 4. The fourth-order valence-electron chi connectivity index (χ4n) is 2.01. The zero-order chi connectivity index (χ0) is 14.4. The summed E-state index contributed by atoms with van der Waals surface area (Å²) in [5, 5.41) is 14.0. The largest absolute Gasteiger partial charge is 0.490 e. The molecule has 0 aromatic heterocycles. The quantitative estimate of drug-likeness (QED) is 0.601. The molecule has 0 saturated carbocycles. The van der Waals surface area contributed by atoms with E-state index in [0.717, 1.165) is 6.42 Å². The number of non-ortho nitro benzene ring substituents is 1. The van der Waals surface area contributed by atoms with Crippen LogP contribution in [-0.4, -0.2) is 17.6 Å². The van der Waals surface area contributed by atoms with Crippen molar-refractivity contribution in [2.75, 3.05) is 11.9 Å². The molecule has 0 aliphatic rings. The molecule has 5 nitrogen and oxygen atoms in total. The average Bonchev–Trinajstić information content (AvgIpc) is 2.27. The highest BCUT2D eigenvalue weighted by molar-refractivity contribution is 5.56. The van der Waals surface area contributed by atoms with E-state index in [9.17, 15) is 10.1 Å². The van der Waals surface area contributed by atoms with Crippen LogP contribution in [0.4, 0.5) is 11.4 Å². The van der Waals surface area contributed by atoms with Crippen molar-refractivity contribution in [1.29, 1.82) is 0 Å². The van der Waals surface area contributed by atoms with Crippen molar-refractivity contribution < 1.29 is 9.66 Å². The van der Waals surface area contributed by atoms with Crippen molar-refractivity contribution in [2.45, 2.75) is 40.2 Å². The van der Waals surface area contributed by atoms with E-state index in [1.807, 2.05) is 13.8 Å². The molecule has 19 heavy (non-hydrogen) atoms. The molecule has 106 valence electrons. The van der Waals surface area contributed by atoms with Crippen molar-refractivity contribution >= 4 is 11.4 Å². The topological polar surface area (TPSA) is 64.4 Å². The van der Waals surface area contributed by atoms with Crippen LogP contribution in [0.15, 0.2) is 18.2 Å². The molecule has 1 atom stereocenters. The Bertz CT molecular complexity index is 433. The van der Waals surface area contributed by atoms with E-state index in [2.05, 4.69) is 19.2 Å². The Morgan fingerprint density at radius 2 is 2.00 bits per heavy atom. The molecule has 0 aliphatic heterocycles. The second kappa shape index (κ2) is 6.97. The Labute approximate surface area is 114 Å². The molecule has 0 heterocycles. The molecule has 5 heteroatoms. The first kappa shape index (κ1) is 15.3. The first-order valence-electron chi connectivity index (χ1n) is 6.62. The fourth-order valence-corrected chi connectivity index (χ4v) is 2.01. The van der Waals surface area contributed by atoms with E-state index in [4.69, 9.17) is 4.74 Å². The average molecular weight is 266 g/mol. The molecule has 0 bridgehead atoms. The first-order chi connectivity index (χ1) is 8.92. The minimum Gasteiger partial charge on any atom is -0.490 e. The number of nitrogens with one attached hydrogen (secondary N) is 1. The molecule has 1 aromatic rings. The predicted molar refractivity (Wildman–Crippen MR) is 76.8 cm³/mol. The number of benzene rings is 1. The first-order valence-corrected chi connectivity index (χ1v) is 6.62. The monoisotopic (exact) mass is 266 g/mol. The molecule has 0 aliphatic carbocycles. The summed E-state index contributed by atoms with van der Waals surface area (Å²) in [7, 11) is 0. The van der Waals surface area contributed by atoms with Crippen LogP contribution in [0.2, 0.25) is 0 Å². The van der Waals surface area contributed by atoms with Gasteiger partial charge >= 0.3 is 0 Å². The molecule has 1 N–H and O–H groups in total. The summed E-state index contributed by atoms with van der Waals surface area (Å²) in [5.41, 5.74) is 0.758. The fraction of sp³-hybridized carbons (Fsp3) is 0.571. The Balaban J connectivity index is 2.89. The molecular formula is C14H22N2O3. The van der Waals surface area contributed by atoms with Gasteiger partial charge in [-0.3, -0.25) is 10.1 Å². The molecule has 1 aromatic carbocycles. The molecule has 1 rings (SSSR count). The second-order valence-corrected chi connectivity index (χ2v) is 5.06. The number of anilines is 1. The highest BCUT2D eigenvalue weighted by atomic mass is 16.6. The Morgan fingerprint density at radius 1 is 1.32 bits per heavy atom. The SMILES string of the molecule is CCNc1cc(OC(C)CC(C)C)cc([N+](=O)[O-])c1. The Kier molecular flexibility index (Phi) is 5.60. The summed E-state index contributed by atoms with van der Waals surface area (Å²) in [6.45, 7) is 8.88. The normalized spacial score (nSPS) is 12.3. The maximum atomic E-state index is 10.9. The van der Waals surface area contributed by atoms with Crippen LogP contribution in [0, 0.1) is 16.0 Å². The molecule has 0 spiro atoms. The Hall–Kier alpha value is -1.78. The minimum absolute atomic E-state index is 0.0384. The standard InChI is InChI=1S/C14H22N2O3/c1-5-15-12-7-13(16(17)18)9-14(8-12)19-11(4)6-10(2)3/h7-11,15H,5-6H2,1-4H3. The third-order valence-electron chi connectivity index (χ3n) is 2.62. The highest BCUT2D eigenvalue weighted by Gasteiger charge is 2.13. The van der Waals surface area contributed by atoms with Gasteiger partial charge in [0.25, 0.3) is 5.69 Å². The second-order valence-electron chi connectivity index (χ2n) is 5.06. The van der Waals surface area contributed by atoms with Gasteiger partial charge in [0, 0.05) is 24.4 Å². The van der Waals surface area contributed by atoms with Gasteiger partial charge in [-0.05, 0) is 26.2 Å². The molecule has 0 fully saturated rings. The van der Waals surface area contributed by atoms with Crippen LogP contribution < -0.4 is 10.1 Å². The number of rotatable bonds is 7. The van der Waals surface area contributed by atoms with Crippen molar-refractivity contribution in [3.05, 3.63) is 28.3 Å². The van der Waals surface area contributed by atoms with Gasteiger partial charge in [-0.1, -0.05) is 13.8 Å². The van der Waals surface area contributed by atoms with Gasteiger partial charge in [0.2, 0.25) is 0 Å². The number of ether oxygens (including phenoxy) is 1. The highest BCUT2D eigenvalue weighted by Crippen LogP contribution is 2.27. The van der Waals surface area contributed by atoms with Crippen molar-refractivity contribution in [2.24, 2.45) is 5.92 Å². The molecule has 0 amide bonds. The van der Waals surface area contributed by atoms with E-state index >= 15 is 0 Å². The van der Waals surface area contributed by atoms with Gasteiger partial charge in [-0.25, -0.2) is 0 Å². The maximum absolute atomic E-state index is 10.9. The van der Waals surface area contributed by atoms with Gasteiger partial charge in [0.15, 0.2) is 0 Å². The van der Waals surface area contributed by atoms with Crippen molar-refractivity contribution in [1.82, 2.24) is 0 Å². The lowest BCUT2D eigenvalue weighted by atomic mass is 10.1. The van der Waals surface area contributed by atoms with E-state index < -0.39 is 4.92 Å². The lowest BCUT2D eigenvalue weighted by Gasteiger charge is -2.17. The van der Waals surface area contributed by atoms with Crippen LogP contribution in [-0.2, 0) is 0 Å². The van der Waals surface area contributed by atoms with Crippen LogP contribution in [0.5, 0.6) is 5.75 Å². The van der Waals surface area contributed by atoms with Crippen LogP contribution in [0.1, 0.15) is 34.1 Å². The summed E-state index contributed by atoms with van der Waals surface area (Å²) in [6.07, 6.45) is 0.954. The smallest absolute Gasteiger partial charge is 0.275 e. The third-order valence-corrected chi connectivity index (χ3v) is 2.62. The van der Waals surface area contributed by atoms with E-state index in [0.29, 0.717) is 23.9 Å². The zero-order valence-electron chi connectivity index (χ0n) is 12.0. The molecule has 1 unspecified atom stereocenters. The van der Waals surface area contributed by atoms with Gasteiger partial charge in [0.05, 0.1) is 17.1 Å². The maximum Gasteiger partial charge on any atom is 0.275 e. The number of nitro benzene ring substituents is 1. The van der Waals surface area contributed by atoms with Crippen molar-refractivity contribution in [3.63, 3.8) is 0 Å². The van der Waals surface area contributed by atoms with Crippen LogP contribution >= 0.6 is 0 Å². The molecular weight excluding hydrogens is 244 g/mol. The lowest BCUT2D eigenvalue weighted by Crippen LogP contribution is -2.14. The van der Waals surface area contributed by atoms with Crippen LogP contribution in [0.3, 0.4) is 0 Å². The van der Waals surface area contributed by atoms with E-state index in [-0.39, 0.29) is 11.8 Å². The summed E-state index contributed by atoms with van der Waals surface area (Å²) in [5.74, 6) is 1.07. The summed E-state index contributed by atoms with van der Waals surface area (Å²) < 4.78 is 5.76. The number of nitro groups is 1. The van der Waals surface area contributed by atoms with E-state index in [1.165, 1.54) is 12.1 Å². The van der Waals surface area contributed by atoms with Crippen LogP contribution in [0.25, 0.3) is 0 Å². The third kappa shape index (κ3) is 5.16.